The predicted octanol–water partition coefficient (Wildman–Crippen LogP) is 3.69. The molecular formula is C21H16N4O3S. The number of amides is 1. The normalized spacial score (nSPS) is 11.0. The lowest BCUT2D eigenvalue weighted by atomic mass is 10.1. The zero-order valence-electron chi connectivity index (χ0n) is 15.2. The van der Waals surface area contributed by atoms with E-state index in [1.807, 2.05) is 30.3 Å². The molecule has 8 heteroatoms. The van der Waals surface area contributed by atoms with Crippen LogP contribution in [0.3, 0.4) is 0 Å². The fraction of sp³-hybridized carbons (Fsp3) is 0.0476. The third-order valence-corrected chi connectivity index (χ3v) is 4.24. The van der Waals surface area contributed by atoms with E-state index in [-0.39, 0.29) is 11.0 Å². The lowest BCUT2D eigenvalue weighted by Crippen LogP contribution is -2.37. The Hall–Kier alpha value is -3.78. The molecule has 3 aromatic heterocycles. The van der Waals surface area contributed by atoms with Crippen LogP contribution in [0.4, 0.5) is 0 Å². The minimum Gasteiger partial charge on any atom is -0.465 e. The second kappa shape index (κ2) is 8.49. The van der Waals surface area contributed by atoms with Gasteiger partial charge in [0.2, 0.25) is 11.8 Å². The highest BCUT2D eigenvalue weighted by Crippen LogP contribution is 2.23. The Kier molecular flexibility index (Phi) is 5.44. The van der Waals surface area contributed by atoms with E-state index in [1.165, 1.54) is 12.3 Å². The molecule has 0 aliphatic rings. The minimum absolute atomic E-state index is 0.244. The smallest absolute Gasteiger partial charge is 0.250 e. The van der Waals surface area contributed by atoms with Gasteiger partial charge >= 0.3 is 0 Å². The lowest BCUT2D eigenvalue weighted by Gasteiger charge is -2.08. The Labute approximate surface area is 171 Å². The first-order valence-electron chi connectivity index (χ1n) is 8.79. The SMILES string of the molecule is O=C(/C=C/c1ccco1)NC(=S)NCc1ccc(-c2nc3ncccc3o2)cc1. The van der Waals surface area contributed by atoms with Crippen molar-refractivity contribution in [3.8, 4) is 11.5 Å². The summed E-state index contributed by atoms with van der Waals surface area (Å²) < 4.78 is 10.8. The Balaban J connectivity index is 1.30. The van der Waals surface area contributed by atoms with Crippen molar-refractivity contribution < 1.29 is 13.6 Å². The first-order chi connectivity index (χ1) is 14.2. The van der Waals surface area contributed by atoms with Crippen molar-refractivity contribution in [2.45, 2.75) is 6.54 Å². The number of nitrogens with zero attached hydrogens (tertiary/aromatic N) is 2. The average Bonchev–Trinajstić information content (AvgIpc) is 3.40. The van der Waals surface area contributed by atoms with Gasteiger partial charge in [0.15, 0.2) is 16.3 Å². The van der Waals surface area contributed by atoms with E-state index in [9.17, 15) is 4.79 Å². The Bertz CT molecular complexity index is 1130. The number of benzene rings is 1. The molecule has 0 bridgehead atoms. The number of carbonyl (C=O) groups excluding carboxylic acids is 1. The molecule has 1 amide bonds. The molecule has 29 heavy (non-hydrogen) atoms. The molecule has 7 nitrogen and oxygen atoms in total. The van der Waals surface area contributed by atoms with Gasteiger partial charge in [0.25, 0.3) is 0 Å². The van der Waals surface area contributed by atoms with Crippen molar-refractivity contribution in [1.82, 2.24) is 20.6 Å². The number of hydrogen-bond acceptors (Lipinski definition) is 6. The molecule has 4 rings (SSSR count). The van der Waals surface area contributed by atoms with Crippen molar-refractivity contribution in [2.24, 2.45) is 0 Å². The number of thiocarbonyl (C=S) groups is 1. The van der Waals surface area contributed by atoms with Crippen molar-refractivity contribution in [1.29, 1.82) is 0 Å². The highest BCUT2D eigenvalue weighted by atomic mass is 32.1. The summed E-state index contributed by atoms with van der Waals surface area (Å²) in [6, 6.07) is 14.8. The van der Waals surface area contributed by atoms with Gasteiger partial charge in [-0.2, -0.15) is 4.98 Å². The summed E-state index contributed by atoms with van der Waals surface area (Å²) in [6.45, 7) is 0.469. The maximum Gasteiger partial charge on any atom is 0.250 e. The summed E-state index contributed by atoms with van der Waals surface area (Å²) in [5.74, 6) is 0.775. The molecule has 3 heterocycles. The van der Waals surface area contributed by atoms with Gasteiger partial charge in [-0.15, -0.1) is 0 Å². The first-order valence-corrected chi connectivity index (χ1v) is 9.19. The quantitative estimate of drug-likeness (QED) is 0.387. The van der Waals surface area contributed by atoms with Crippen molar-refractivity contribution in [2.75, 3.05) is 0 Å². The van der Waals surface area contributed by atoms with Crippen LogP contribution in [-0.2, 0) is 11.3 Å². The maximum absolute atomic E-state index is 11.8. The van der Waals surface area contributed by atoms with E-state index in [1.54, 1.807) is 30.5 Å². The van der Waals surface area contributed by atoms with Crippen LogP contribution in [0, 0.1) is 0 Å². The molecule has 0 radical (unpaired) electrons. The van der Waals surface area contributed by atoms with Gasteiger partial charge in [-0.1, -0.05) is 12.1 Å². The number of nitrogens with one attached hydrogen (secondary N) is 2. The fourth-order valence-electron chi connectivity index (χ4n) is 2.58. The van der Waals surface area contributed by atoms with E-state index in [2.05, 4.69) is 20.6 Å². The predicted molar refractivity (Wildman–Crippen MR) is 113 cm³/mol. The highest BCUT2D eigenvalue weighted by Gasteiger charge is 2.08. The highest BCUT2D eigenvalue weighted by molar-refractivity contribution is 7.80. The number of hydrogen-bond donors (Lipinski definition) is 2. The second-order valence-electron chi connectivity index (χ2n) is 6.06. The summed E-state index contributed by atoms with van der Waals surface area (Å²) in [5.41, 5.74) is 3.07. The number of oxazole rings is 1. The van der Waals surface area contributed by atoms with Crippen molar-refractivity contribution in [3.05, 3.63) is 78.4 Å². The zero-order chi connectivity index (χ0) is 20.1. The molecule has 0 spiro atoms. The topological polar surface area (TPSA) is 93.2 Å². The third kappa shape index (κ3) is 4.74. The Morgan fingerprint density at radius 1 is 1.14 bits per heavy atom. The summed E-state index contributed by atoms with van der Waals surface area (Å²) >= 11 is 5.15. The van der Waals surface area contributed by atoms with E-state index in [0.29, 0.717) is 29.4 Å². The van der Waals surface area contributed by atoms with Gasteiger partial charge in [0.05, 0.1) is 6.26 Å². The van der Waals surface area contributed by atoms with Gasteiger partial charge < -0.3 is 14.2 Å². The van der Waals surface area contributed by atoms with E-state index < -0.39 is 0 Å². The van der Waals surface area contributed by atoms with Crippen LogP contribution in [0.1, 0.15) is 11.3 Å². The number of furan rings is 1. The largest absolute Gasteiger partial charge is 0.465 e. The van der Waals surface area contributed by atoms with Crippen molar-refractivity contribution >= 4 is 40.5 Å². The Morgan fingerprint density at radius 2 is 2.00 bits per heavy atom. The molecule has 0 saturated carbocycles. The third-order valence-electron chi connectivity index (χ3n) is 4.00. The summed E-state index contributed by atoms with van der Waals surface area (Å²) in [4.78, 5) is 20.4. The zero-order valence-corrected chi connectivity index (χ0v) is 16.0. The van der Waals surface area contributed by atoms with E-state index in [0.717, 1.165) is 11.1 Å². The van der Waals surface area contributed by atoms with Crippen molar-refractivity contribution in [3.63, 3.8) is 0 Å². The number of carbonyl (C=O) groups is 1. The van der Waals surface area contributed by atoms with Crippen LogP contribution in [0.2, 0.25) is 0 Å². The number of fused-ring (bicyclic) bond motifs is 1. The van der Waals surface area contributed by atoms with Crippen LogP contribution in [0.15, 0.2) is 75.9 Å². The monoisotopic (exact) mass is 404 g/mol. The summed E-state index contributed by atoms with van der Waals surface area (Å²) in [5, 5.41) is 5.83. The van der Waals surface area contributed by atoms with Crippen LogP contribution in [-0.4, -0.2) is 21.0 Å². The molecule has 4 aromatic rings. The molecule has 0 aliphatic carbocycles. The second-order valence-corrected chi connectivity index (χ2v) is 6.47. The fourth-order valence-corrected chi connectivity index (χ4v) is 2.75. The van der Waals surface area contributed by atoms with Crippen LogP contribution >= 0.6 is 12.2 Å². The average molecular weight is 404 g/mol. The molecule has 0 aliphatic heterocycles. The number of aromatic nitrogens is 2. The first kappa shape index (κ1) is 18.6. The molecule has 0 atom stereocenters. The van der Waals surface area contributed by atoms with Gasteiger partial charge in [-0.25, -0.2) is 4.98 Å². The molecular weight excluding hydrogens is 388 g/mol. The molecule has 144 valence electrons. The molecule has 0 saturated heterocycles. The standard InChI is InChI=1S/C21H16N4O3S/c26-18(10-9-16-3-2-12-27-16)24-21(29)23-13-14-5-7-15(8-6-14)20-25-19-17(28-20)4-1-11-22-19/h1-12H,13H2,(H2,23,24,26,29)/b10-9+. The van der Waals surface area contributed by atoms with Gasteiger partial charge in [-0.05, 0) is 60.3 Å². The lowest BCUT2D eigenvalue weighted by molar-refractivity contribution is -0.115. The van der Waals surface area contributed by atoms with Gasteiger partial charge in [0, 0.05) is 24.4 Å². The summed E-state index contributed by atoms with van der Waals surface area (Å²) in [7, 11) is 0. The van der Waals surface area contributed by atoms with Crippen LogP contribution in [0.25, 0.3) is 28.8 Å². The minimum atomic E-state index is -0.334. The number of rotatable bonds is 5. The van der Waals surface area contributed by atoms with Crippen LogP contribution < -0.4 is 10.6 Å². The van der Waals surface area contributed by atoms with Crippen LogP contribution in [0.5, 0.6) is 0 Å². The van der Waals surface area contributed by atoms with Gasteiger partial charge in [-0.3, -0.25) is 10.1 Å². The van der Waals surface area contributed by atoms with Gasteiger partial charge in [0.1, 0.15) is 5.76 Å². The van der Waals surface area contributed by atoms with E-state index in [4.69, 9.17) is 21.1 Å². The maximum atomic E-state index is 11.8. The molecule has 0 fully saturated rings. The Morgan fingerprint density at radius 3 is 2.76 bits per heavy atom. The summed E-state index contributed by atoms with van der Waals surface area (Å²) in [6.07, 6.45) is 6.14. The van der Waals surface area contributed by atoms with E-state index >= 15 is 0 Å². The molecule has 0 unspecified atom stereocenters. The number of pyridine rings is 1. The molecule has 1 aromatic carbocycles. The molecule has 2 N–H and O–H groups in total.